The molecule has 0 fully saturated rings. The number of carbonyl (C=O) groups is 1. The lowest BCUT2D eigenvalue weighted by Crippen LogP contribution is -2.06. The monoisotopic (exact) mass is 295 g/mol. The van der Waals surface area contributed by atoms with Gasteiger partial charge in [0.15, 0.2) is 0 Å². The van der Waals surface area contributed by atoms with Gasteiger partial charge in [-0.2, -0.15) is 0 Å². The van der Waals surface area contributed by atoms with Crippen LogP contribution in [0.4, 0.5) is 0 Å². The molecule has 5 heteroatoms. The van der Waals surface area contributed by atoms with E-state index in [1.54, 1.807) is 19.1 Å². The molecule has 0 radical (unpaired) electrons. The fourth-order valence-corrected chi connectivity index (χ4v) is 1.70. The highest BCUT2D eigenvalue weighted by Gasteiger charge is 2.14. The summed E-state index contributed by atoms with van der Waals surface area (Å²) in [6.07, 6.45) is 1.46. The van der Waals surface area contributed by atoms with Gasteiger partial charge < -0.3 is 9.15 Å². The molecule has 0 aliphatic carbocycles. The van der Waals surface area contributed by atoms with Crippen LogP contribution in [0.2, 0.25) is 0 Å². The molecule has 4 nitrogen and oxygen atoms in total. The van der Waals surface area contributed by atoms with Gasteiger partial charge in [-0.3, -0.25) is 0 Å². The first-order valence-electron chi connectivity index (χ1n) is 4.99. The van der Waals surface area contributed by atoms with E-state index in [-0.39, 0.29) is 12.4 Å². The SMILES string of the molecule is Cc1ccoc1C(=O)OCc1cccc(Br)n1. The number of hydrogen-bond acceptors (Lipinski definition) is 4. The third kappa shape index (κ3) is 2.94. The smallest absolute Gasteiger partial charge is 0.374 e. The summed E-state index contributed by atoms with van der Waals surface area (Å²) in [4.78, 5) is 15.8. The average molecular weight is 296 g/mol. The molecule has 2 aromatic rings. The second-order valence-corrected chi connectivity index (χ2v) is 4.27. The van der Waals surface area contributed by atoms with Crippen LogP contribution >= 0.6 is 15.9 Å². The predicted octanol–water partition coefficient (Wildman–Crippen LogP) is 3.10. The second kappa shape index (κ2) is 5.14. The third-order valence-electron chi connectivity index (χ3n) is 2.17. The summed E-state index contributed by atoms with van der Waals surface area (Å²) >= 11 is 3.25. The number of pyridine rings is 1. The Morgan fingerprint density at radius 1 is 1.47 bits per heavy atom. The van der Waals surface area contributed by atoms with Gasteiger partial charge in [-0.1, -0.05) is 6.07 Å². The van der Waals surface area contributed by atoms with Crippen LogP contribution in [0, 0.1) is 6.92 Å². The molecule has 0 unspecified atom stereocenters. The largest absolute Gasteiger partial charge is 0.457 e. The van der Waals surface area contributed by atoms with Crippen LogP contribution in [0.1, 0.15) is 21.8 Å². The maximum atomic E-state index is 11.6. The molecule has 0 saturated heterocycles. The molecule has 0 aliphatic rings. The lowest BCUT2D eigenvalue weighted by molar-refractivity contribution is 0.0430. The molecular formula is C12H10BrNO3. The van der Waals surface area contributed by atoms with Gasteiger partial charge in [0.25, 0.3) is 0 Å². The molecule has 0 spiro atoms. The fraction of sp³-hybridized carbons (Fsp3) is 0.167. The number of hydrogen-bond donors (Lipinski definition) is 0. The number of nitrogens with zero attached hydrogens (tertiary/aromatic N) is 1. The van der Waals surface area contributed by atoms with E-state index in [0.29, 0.717) is 10.3 Å². The molecule has 17 heavy (non-hydrogen) atoms. The van der Waals surface area contributed by atoms with Crippen molar-refractivity contribution in [3.05, 3.63) is 52.1 Å². The number of ether oxygens (including phenoxy) is 1. The summed E-state index contributed by atoms with van der Waals surface area (Å²) in [6, 6.07) is 7.14. The molecular weight excluding hydrogens is 286 g/mol. The first-order valence-corrected chi connectivity index (χ1v) is 5.79. The van der Waals surface area contributed by atoms with Crippen LogP contribution in [-0.4, -0.2) is 11.0 Å². The van der Waals surface area contributed by atoms with Gasteiger partial charge >= 0.3 is 5.97 Å². The quantitative estimate of drug-likeness (QED) is 0.645. The van der Waals surface area contributed by atoms with E-state index < -0.39 is 5.97 Å². The van der Waals surface area contributed by atoms with Gasteiger partial charge in [0.2, 0.25) is 5.76 Å². The van der Waals surface area contributed by atoms with E-state index in [2.05, 4.69) is 20.9 Å². The van der Waals surface area contributed by atoms with Gasteiger partial charge in [0, 0.05) is 5.56 Å². The summed E-state index contributed by atoms with van der Waals surface area (Å²) in [5, 5.41) is 0. The maximum absolute atomic E-state index is 11.6. The van der Waals surface area contributed by atoms with E-state index in [9.17, 15) is 4.79 Å². The highest BCUT2D eigenvalue weighted by Crippen LogP contribution is 2.12. The zero-order valence-corrected chi connectivity index (χ0v) is 10.7. The van der Waals surface area contributed by atoms with E-state index in [0.717, 1.165) is 5.56 Å². The summed E-state index contributed by atoms with van der Waals surface area (Å²) in [5.74, 6) is -0.241. The Balaban J connectivity index is 1.99. The lowest BCUT2D eigenvalue weighted by Gasteiger charge is -2.03. The predicted molar refractivity (Wildman–Crippen MR) is 64.5 cm³/mol. The molecule has 88 valence electrons. The molecule has 0 amide bonds. The van der Waals surface area contributed by atoms with Crippen LogP contribution < -0.4 is 0 Å². The Morgan fingerprint density at radius 3 is 2.94 bits per heavy atom. The van der Waals surface area contributed by atoms with E-state index in [1.807, 2.05) is 12.1 Å². The highest BCUT2D eigenvalue weighted by atomic mass is 79.9. The Hall–Kier alpha value is -1.62. The standard InChI is InChI=1S/C12H10BrNO3/c1-8-5-6-16-11(8)12(15)17-7-9-3-2-4-10(13)14-9/h2-6H,7H2,1H3. The average Bonchev–Trinajstić information content (AvgIpc) is 2.72. The van der Waals surface area contributed by atoms with Crippen LogP contribution in [0.25, 0.3) is 0 Å². The molecule has 0 aliphatic heterocycles. The first-order chi connectivity index (χ1) is 8.16. The summed E-state index contributed by atoms with van der Waals surface area (Å²) in [7, 11) is 0. The Morgan fingerprint density at radius 2 is 2.29 bits per heavy atom. The summed E-state index contributed by atoms with van der Waals surface area (Å²) < 4.78 is 10.8. The third-order valence-corrected chi connectivity index (χ3v) is 2.61. The van der Waals surface area contributed by atoms with Crippen LogP contribution in [-0.2, 0) is 11.3 Å². The number of esters is 1. The molecule has 0 bridgehead atoms. The Bertz CT molecular complexity index is 536. The van der Waals surface area contributed by atoms with E-state index in [4.69, 9.17) is 9.15 Å². The molecule has 0 N–H and O–H groups in total. The maximum Gasteiger partial charge on any atom is 0.374 e. The molecule has 2 heterocycles. The normalized spacial score (nSPS) is 10.2. The van der Waals surface area contributed by atoms with Crippen molar-refractivity contribution in [3.63, 3.8) is 0 Å². The second-order valence-electron chi connectivity index (χ2n) is 3.46. The van der Waals surface area contributed by atoms with Crippen molar-refractivity contribution in [2.75, 3.05) is 0 Å². The summed E-state index contributed by atoms with van der Waals surface area (Å²) in [6.45, 7) is 1.91. The van der Waals surface area contributed by atoms with E-state index >= 15 is 0 Å². The highest BCUT2D eigenvalue weighted by molar-refractivity contribution is 9.10. The Labute approximate surface area is 107 Å². The lowest BCUT2D eigenvalue weighted by atomic mass is 10.3. The molecule has 0 atom stereocenters. The minimum Gasteiger partial charge on any atom is -0.457 e. The van der Waals surface area contributed by atoms with Crippen molar-refractivity contribution in [3.8, 4) is 0 Å². The zero-order chi connectivity index (χ0) is 12.3. The van der Waals surface area contributed by atoms with Crippen molar-refractivity contribution in [1.29, 1.82) is 0 Å². The fourth-order valence-electron chi connectivity index (χ4n) is 1.32. The van der Waals surface area contributed by atoms with Crippen molar-refractivity contribution >= 4 is 21.9 Å². The molecule has 0 saturated carbocycles. The van der Waals surface area contributed by atoms with Crippen LogP contribution in [0.15, 0.2) is 39.5 Å². The van der Waals surface area contributed by atoms with Crippen molar-refractivity contribution < 1.29 is 13.9 Å². The minimum absolute atomic E-state index is 0.123. The van der Waals surface area contributed by atoms with Crippen LogP contribution in [0.5, 0.6) is 0 Å². The molecule has 2 rings (SSSR count). The number of furan rings is 1. The number of halogens is 1. The van der Waals surface area contributed by atoms with Gasteiger partial charge in [-0.25, -0.2) is 9.78 Å². The van der Waals surface area contributed by atoms with Crippen molar-refractivity contribution in [2.45, 2.75) is 13.5 Å². The van der Waals surface area contributed by atoms with Crippen molar-refractivity contribution in [1.82, 2.24) is 4.98 Å². The van der Waals surface area contributed by atoms with E-state index in [1.165, 1.54) is 6.26 Å². The van der Waals surface area contributed by atoms with Gasteiger partial charge in [-0.05, 0) is 41.1 Å². The van der Waals surface area contributed by atoms with Crippen molar-refractivity contribution in [2.24, 2.45) is 0 Å². The topological polar surface area (TPSA) is 52.3 Å². The first kappa shape index (κ1) is 11.9. The zero-order valence-electron chi connectivity index (χ0n) is 9.14. The van der Waals surface area contributed by atoms with Gasteiger partial charge in [-0.15, -0.1) is 0 Å². The molecule has 0 aromatic carbocycles. The molecule has 2 aromatic heterocycles. The number of carbonyl (C=O) groups excluding carboxylic acids is 1. The number of aryl methyl sites for hydroxylation is 1. The van der Waals surface area contributed by atoms with Crippen LogP contribution in [0.3, 0.4) is 0 Å². The Kier molecular flexibility index (Phi) is 3.58. The minimum atomic E-state index is -0.478. The van der Waals surface area contributed by atoms with Gasteiger partial charge in [0.05, 0.1) is 12.0 Å². The number of aromatic nitrogens is 1. The number of rotatable bonds is 3. The summed E-state index contributed by atoms with van der Waals surface area (Å²) in [5.41, 5.74) is 1.44. The van der Waals surface area contributed by atoms with Gasteiger partial charge in [0.1, 0.15) is 11.2 Å².